The largest absolute Gasteiger partial charge is 0.385 e. The average molecular weight is 371 g/mol. The topological polar surface area (TPSA) is 84.7 Å². The number of carbonyl (C=O) groups is 1. The Morgan fingerprint density at radius 1 is 1.15 bits per heavy atom. The highest BCUT2D eigenvalue weighted by molar-refractivity contribution is 5.90. The predicted molar refractivity (Wildman–Crippen MR) is 105 cm³/mol. The number of hydrogen-bond acceptors (Lipinski definition) is 4. The number of nitro groups is 1. The normalized spacial score (nSPS) is 10.4. The van der Waals surface area contributed by atoms with Crippen molar-refractivity contribution in [3.63, 3.8) is 0 Å². The summed E-state index contributed by atoms with van der Waals surface area (Å²) in [4.78, 5) is 25.2. The van der Waals surface area contributed by atoms with Gasteiger partial charge in [-0.25, -0.2) is 4.79 Å². The van der Waals surface area contributed by atoms with E-state index < -0.39 is 4.92 Å². The van der Waals surface area contributed by atoms with Crippen molar-refractivity contribution in [2.75, 3.05) is 25.6 Å². The number of ether oxygens (including phenoxy) is 1. The van der Waals surface area contributed by atoms with Crippen molar-refractivity contribution in [3.05, 3.63) is 69.8 Å². The summed E-state index contributed by atoms with van der Waals surface area (Å²) in [6.45, 7) is 3.31. The first-order valence-corrected chi connectivity index (χ1v) is 8.85. The van der Waals surface area contributed by atoms with Gasteiger partial charge < -0.3 is 15.0 Å². The lowest BCUT2D eigenvalue weighted by Crippen LogP contribution is -2.35. The summed E-state index contributed by atoms with van der Waals surface area (Å²) in [6.07, 6.45) is 1.66. The molecule has 0 fully saturated rings. The summed E-state index contributed by atoms with van der Waals surface area (Å²) in [7, 11) is 1.65. The fraction of sp³-hybridized carbons (Fsp3) is 0.350. The number of unbranched alkanes of at least 4 members (excludes halogenated alkanes) is 1. The molecule has 0 spiro atoms. The van der Waals surface area contributed by atoms with Crippen LogP contribution < -0.4 is 5.32 Å². The maximum atomic E-state index is 12.8. The van der Waals surface area contributed by atoms with Crippen LogP contribution in [-0.2, 0) is 11.3 Å². The molecule has 0 bridgehead atoms. The summed E-state index contributed by atoms with van der Waals surface area (Å²) < 4.78 is 5.07. The van der Waals surface area contributed by atoms with Crippen molar-refractivity contribution in [3.8, 4) is 0 Å². The first-order chi connectivity index (χ1) is 13.0. The maximum absolute atomic E-state index is 12.8. The van der Waals surface area contributed by atoms with Gasteiger partial charge in [0.25, 0.3) is 5.69 Å². The molecule has 0 unspecified atom stereocenters. The molecule has 7 heteroatoms. The Bertz CT molecular complexity index is 765. The van der Waals surface area contributed by atoms with Gasteiger partial charge in [0.2, 0.25) is 0 Å². The molecule has 0 aliphatic carbocycles. The van der Waals surface area contributed by atoms with Gasteiger partial charge in [-0.15, -0.1) is 0 Å². The van der Waals surface area contributed by atoms with E-state index in [0.29, 0.717) is 30.9 Å². The van der Waals surface area contributed by atoms with E-state index >= 15 is 0 Å². The van der Waals surface area contributed by atoms with Crippen LogP contribution in [0.2, 0.25) is 0 Å². The Balaban J connectivity index is 2.12. The lowest BCUT2D eigenvalue weighted by Gasteiger charge is -2.24. The minimum atomic E-state index is -0.447. The molecule has 0 heterocycles. The summed E-state index contributed by atoms with van der Waals surface area (Å²) in [5.74, 6) is 0. The molecule has 2 aromatic carbocycles. The molecule has 7 nitrogen and oxygen atoms in total. The number of methoxy groups -OCH3 is 1. The second-order valence-electron chi connectivity index (χ2n) is 6.24. The van der Waals surface area contributed by atoms with Crippen molar-refractivity contribution in [1.82, 2.24) is 4.90 Å². The van der Waals surface area contributed by atoms with Crippen LogP contribution in [0.5, 0.6) is 0 Å². The number of benzene rings is 2. The molecule has 2 rings (SSSR count). The van der Waals surface area contributed by atoms with Gasteiger partial charge in [0, 0.05) is 32.9 Å². The zero-order chi connectivity index (χ0) is 19.6. The van der Waals surface area contributed by atoms with Gasteiger partial charge in [0.15, 0.2) is 0 Å². The van der Waals surface area contributed by atoms with Gasteiger partial charge >= 0.3 is 6.03 Å². The van der Waals surface area contributed by atoms with Crippen LogP contribution in [-0.4, -0.2) is 36.1 Å². The van der Waals surface area contributed by atoms with E-state index in [2.05, 4.69) is 5.32 Å². The third-order valence-corrected chi connectivity index (χ3v) is 4.27. The highest BCUT2D eigenvalue weighted by Gasteiger charge is 2.18. The van der Waals surface area contributed by atoms with Gasteiger partial charge in [-0.05, 0) is 31.4 Å². The van der Waals surface area contributed by atoms with Gasteiger partial charge in [0.1, 0.15) is 0 Å². The smallest absolute Gasteiger partial charge is 0.322 e. The molecule has 1 N–H and O–H groups in total. The van der Waals surface area contributed by atoms with E-state index in [4.69, 9.17) is 4.74 Å². The van der Waals surface area contributed by atoms with Crippen LogP contribution in [0.25, 0.3) is 0 Å². The summed E-state index contributed by atoms with van der Waals surface area (Å²) >= 11 is 0. The minimum Gasteiger partial charge on any atom is -0.385 e. The van der Waals surface area contributed by atoms with Crippen molar-refractivity contribution in [2.45, 2.75) is 26.3 Å². The van der Waals surface area contributed by atoms with Crippen LogP contribution in [0.15, 0.2) is 48.5 Å². The summed E-state index contributed by atoms with van der Waals surface area (Å²) in [5, 5.41) is 13.9. The zero-order valence-corrected chi connectivity index (χ0v) is 15.7. The van der Waals surface area contributed by atoms with Crippen LogP contribution in [0.4, 0.5) is 16.2 Å². The first-order valence-electron chi connectivity index (χ1n) is 8.85. The Morgan fingerprint density at radius 2 is 1.89 bits per heavy atom. The van der Waals surface area contributed by atoms with E-state index in [1.165, 1.54) is 6.07 Å². The standard InChI is InChI=1S/C20H25N3O4/c1-16-18(11-8-12-19(16)23(25)26)21-20(24)22(13-6-7-14-27-2)15-17-9-4-3-5-10-17/h3-5,8-12H,6-7,13-15H2,1-2H3,(H,21,24). The molecule has 2 amide bonds. The third kappa shape index (κ3) is 6.07. The average Bonchev–Trinajstić information content (AvgIpc) is 2.66. The molecule has 0 aliphatic rings. The lowest BCUT2D eigenvalue weighted by molar-refractivity contribution is -0.385. The molecule has 0 saturated carbocycles. The van der Waals surface area contributed by atoms with Crippen LogP contribution in [0.3, 0.4) is 0 Å². The van der Waals surface area contributed by atoms with E-state index in [1.54, 1.807) is 31.1 Å². The minimum absolute atomic E-state index is 0.0116. The number of amides is 2. The van der Waals surface area contributed by atoms with E-state index in [0.717, 1.165) is 18.4 Å². The zero-order valence-electron chi connectivity index (χ0n) is 15.7. The van der Waals surface area contributed by atoms with Crippen LogP contribution >= 0.6 is 0 Å². The van der Waals surface area contributed by atoms with Gasteiger partial charge in [-0.3, -0.25) is 10.1 Å². The highest BCUT2D eigenvalue weighted by atomic mass is 16.6. The fourth-order valence-electron chi connectivity index (χ4n) is 2.76. The highest BCUT2D eigenvalue weighted by Crippen LogP contribution is 2.25. The van der Waals surface area contributed by atoms with Crippen molar-refractivity contribution >= 4 is 17.4 Å². The molecule has 0 atom stereocenters. The number of urea groups is 1. The monoisotopic (exact) mass is 371 g/mol. The molecule has 2 aromatic rings. The Labute approximate surface area is 159 Å². The molecular formula is C20H25N3O4. The van der Waals surface area contributed by atoms with Gasteiger partial charge in [0.05, 0.1) is 16.2 Å². The third-order valence-electron chi connectivity index (χ3n) is 4.27. The maximum Gasteiger partial charge on any atom is 0.322 e. The summed E-state index contributed by atoms with van der Waals surface area (Å²) in [5.41, 5.74) is 1.90. The van der Waals surface area contributed by atoms with E-state index in [1.807, 2.05) is 30.3 Å². The van der Waals surface area contributed by atoms with E-state index in [-0.39, 0.29) is 11.7 Å². The van der Waals surface area contributed by atoms with Crippen molar-refractivity contribution in [2.24, 2.45) is 0 Å². The fourth-order valence-corrected chi connectivity index (χ4v) is 2.76. The number of nitro benzene ring substituents is 1. The number of anilines is 1. The number of nitrogens with one attached hydrogen (secondary N) is 1. The number of rotatable bonds is 9. The van der Waals surface area contributed by atoms with Gasteiger partial charge in [-0.2, -0.15) is 0 Å². The number of nitrogens with zero attached hydrogens (tertiary/aromatic N) is 2. The molecule has 144 valence electrons. The molecule has 0 aromatic heterocycles. The second kappa shape index (κ2) is 10.3. The van der Waals surface area contributed by atoms with Crippen molar-refractivity contribution in [1.29, 1.82) is 0 Å². The molecule has 0 aliphatic heterocycles. The first kappa shape index (κ1) is 20.4. The Morgan fingerprint density at radius 3 is 2.56 bits per heavy atom. The molecule has 0 saturated heterocycles. The molecule has 27 heavy (non-hydrogen) atoms. The van der Waals surface area contributed by atoms with Crippen LogP contribution in [0.1, 0.15) is 24.0 Å². The number of hydrogen-bond donors (Lipinski definition) is 1. The van der Waals surface area contributed by atoms with Crippen molar-refractivity contribution < 1.29 is 14.5 Å². The summed E-state index contributed by atoms with van der Waals surface area (Å²) in [6, 6.07) is 14.1. The quantitative estimate of drug-likeness (QED) is 0.403. The SMILES string of the molecule is COCCCCN(Cc1ccccc1)C(=O)Nc1cccc([N+](=O)[O-])c1C. The Kier molecular flexibility index (Phi) is 7.76. The molecular weight excluding hydrogens is 346 g/mol. The lowest BCUT2D eigenvalue weighted by atomic mass is 10.1. The number of carbonyl (C=O) groups excluding carboxylic acids is 1. The second-order valence-corrected chi connectivity index (χ2v) is 6.24. The molecule has 0 radical (unpaired) electrons. The van der Waals surface area contributed by atoms with Crippen LogP contribution in [0, 0.1) is 17.0 Å². The van der Waals surface area contributed by atoms with Gasteiger partial charge in [-0.1, -0.05) is 36.4 Å². The predicted octanol–water partition coefficient (Wildman–Crippen LogP) is 4.36. The van der Waals surface area contributed by atoms with E-state index in [9.17, 15) is 14.9 Å². The Hall–Kier alpha value is -2.93.